The van der Waals surface area contributed by atoms with Crippen molar-refractivity contribution in [2.45, 2.75) is 17.2 Å². The van der Waals surface area contributed by atoms with E-state index in [-0.39, 0.29) is 25.6 Å². The van der Waals surface area contributed by atoms with Crippen LogP contribution in [0.15, 0.2) is 59.8 Å². The number of rotatable bonds is 6. The summed E-state index contributed by atoms with van der Waals surface area (Å²) in [5.74, 6) is -3.90. The molecule has 2 aromatic carbocycles. The molecule has 1 amide bonds. The van der Waals surface area contributed by atoms with E-state index < -0.39 is 50.1 Å². The van der Waals surface area contributed by atoms with Crippen LogP contribution in [-0.4, -0.2) is 53.4 Å². The van der Waals surface area contributed by atoms with Gasteiger partial charge in [0.05, 0.1) is 12.8 Å². The lowest BCUT2D eigenvalue weighted by molar-refractivity contribution is 0.0927. The topological polar surface area (TPSA) is 102 Å². The molecule has 4 rings (SSSR count). The zero-order valence-corrected chi connectivity index (χ0v) is 18.5. The fourth-order valence-corrected chi connectivity index (χ4v) is 5.21. The first-order valence-corrected chi connectivity index (χ1v) is 11.7. The van der Waals surface area contributed by atoms with Crippen LogP contribution in [0.25, 0.3) is 0 Å². The summed E-state index contributed by atoms with van der Waals surface area (Å²) in [5, 5.41) is 12.9. The van der Waals surface area contributed by atoms with Crippen molar-refractivity contribution in [1.82, 2.24) is 14.1 Å². The number of halogens is 3. The summed E-state index contributed by atoms with van der Waals surface area (Å²) in [6.07, 6.45) is 1.59. The number of aromatic nitrogens is 2. The van der Waals surface area contributed by atoms with Crippen molar-refractivity contribution in [3.05, 3.63) is 77.9 Å². The van der Waals surface area contributed by atoms with Crippen LogP contribution in [0.4, 0.5) is 18.0 Å². The second-order valence-corrected chi connectivity index (χ2v) is 9.61. The molecule has 1 fully saturated rings. The average molecular weight is 495 g/mol. The molecule has 1 aromatic heterocycles. The van der Waals surface area contributed by atoms with Crippen molar-refractivity contribution in [3.8, 4) is 5.75 Å². The molecular weight excluding hydrogens is 475 g/mol. The van der Waals surface area contributed by atoms with Crippen LogP contribution in [-0.2, 0) is 10.0 Å². The Bertz CT molecular complexity index is 1280. The van der Waals surface area contributed by atoms with Crippen LogP contribution >= 0.6 is 0 Å². The van der Waals surface area contributed by atoms with E-state index in [4.69, 9.17) is 4.74 Å². The molecule has 34 heavy (non-hydrogen) atoms. The third-order valence-electron chi connectivity index (χ3n) is 5.75. The molecule has 0 bridgehead atoms. The van der Waals surface area contributed by atoms with Gasteiger partial charge in [0.1, 0.15) is 16.5 Å². The van der Waals surface area contributed by atoms with Crippen LogP contribution < -0.4 is 4.74 Å². The quantitative estimate of drug-likeness (QED) is 0.560. The number of amides is 1. The maximum atomic E-state index is 14.7. The van der Waals surface area contributed by atoms with Gasteiger partial charge < -0.3 is 14.7 Å². The van der Waals surface area contributed by atoms with E-state index in [9.17, 15) is 31.5 Å². The summed E-state index contributed by atoms with van der Waals surface area (Å²) >= 11 is 0. The number of piperidine rings is 1. The Kier molecular flexibility index (Phi) is 6.51. The second-order valence-electron chi connectivity index (χ2n) is 7.84. The molecule has 1 N–H and O–H groups in total. The van der Waals surface area contributed by atoms with Crippen molar-refractivity contribution >= 4 is 16.1 Å². The van der Waals surface area contributed by atoms with E-state index in [1.54, 1.807) is 12.1 Å². The number of hydrogen-bond donors (Lipinski definition) is 1. The van der Waals surface area contributed by atoms with Crippen molar-refractivity contribution in [3.63, 3.8) is 0 Å². The van der Waals surface area contributed by atoms with Gasteiger partial charge in [0.2, 0.25) is 0 Å². The predicted molar refractivity (Wildman–Crippen MR) is 114 cm³/mol. The molecule has 0 saturated carbocycles. The van der Waals surface area contributed by atoms with Crippen LogP contribution in [0.2, 0.25) is 0 Å². The first-order valence-electron chi connectivity index (χ1n) is 10.3. The highest BCUT2D eigenvalue weighted by molar-refractivity contribution is 7.89. The highest BCUT2D eigenvalue weighted by Crippen LogP contribution is 2.34. The standard InChI is InChI=1S/C22H20F3N3O5S/c23-16-4-2-14(3-5-16)17-6-9-27(22(29)30)12-15(17)13-33-20-10-19(25)21(11-18(20)24)34(31,32)28-8-1-7-26-28/h1-5,7-8,10-11,15,17H,6,9,12-13H2,(H,29,30). The Labute approximate surface area is 193 Å². The molecule has 2 atom stereocenters. The minimum absolute atomic E-state index is 0.0766. The molecule has 2 heterocycles. The van der Waals surface area contributed by atoms with Gasteiger partial charge in [-0.3, -0.25) is 0 Å². The van der Waals surface area contributed by atoms with Crippen molar-refractivity contribution in [2.24, 2.45) is 5.92 Å². The van der Waals surface area contributed by atoms with Crippen LogP contribution in [0.1, 0.15) is 17.9 Å². The number of benzene rings is 2. The van der Waals surface area contributed by atoms with Gasteiger partial charge in [0.25, 0.3) is 10.0 Å². The Morgan fingerprint density at radius 3 is 2.53 bits per heavy atom. The van der Waals surface area contributed by atoms with Crippen LogP contribution in [0.3, 0.4) is 0 Å². The highest BCUT2D eigenvalue weighted by atomic mass is 32.2. The van der Waals surface area contributed by atoms with E-state index >= 15 is 0 Å². The molecule has 8 nitrogen and oxygen atoms in total. The van der Waals surface area contributed by atoms with Crippen LogP contribution in [0, 0.1) is 23.4 Å². The average Bonchev–Trinajstić information content (AvgIpc) is 3.36. The molecule has 2 unspecified atom stereocenters. The number of ether oxygens (including phenoxy) is 1. The SMILES string of the molecule is O=C(O)N1CCC(c2ccc(F)cc2)C(COc2cc(F)c(S(=O)(=O)n3cccn3)cc2F)C1. The van der Waals surface area contributed by atoms with E-state index in [2.05, 4.69) is 5.10 Å². The molecule has 12 heteroatoms. The van der Waals surface area contributed by atoms with E-state index in [1.165, 1.54) is 29.3 Å². The summed E-state index contributed by atoms with van der Waals surface area (Å²) in [6.45, 7) is 0.164. The predicted octanol–water partition coefficient (Wildman–Crippen LogP) is 3.70. The summed E-state index contributed by atoms with van der Waals surface area (Å²) in [4.78, 5) is 11.7. The van der Waals surface area contributed by atoms with Gasteiger partial charge in [-0.05, 0) is 36.1 Å². The molecular formula is C22H20F3N3O5S. The van der Waals surface area contributed by atoms with E-state index in [0.717, 1.165) is 11.8 Å². The van der Waals surface area contributed by atoms with Crippen molar-refractivity contribution in [2.75, 3.05) is 19.7 Å². The van der Waals surface area contributed by atoms with E-state index in [0.29, 0.717) is 22.6 Å². The molecule has 0 spiro atoms. The van der Waals surface area contributed by atoms with Gasteiger partial charge in [-0.15, -0.1) is 0 Å². The molecule has 180 valence electrons. The number of nitrogens with zero attached hydrogens (tertiary/aromatic N) is 3. The fourth-order valence-electron chi connectivity index (χ4n) is 4.04. The number of carboxylic acid groups (broad SMARTS) is 1. The van der Waals surface area contributed by atoms with Crippen LogP contribution in [0.5, 0.6) is 5.75 Å². The normalized spacial score (nSPS) is 18.6. The molecule has 1 saturated heterocycles. The van der Waals surface area contributed by atoms with Gasteiger partial charge in [-0.2, -0.15) is 17.6 Å². The highest BCUT2D eigenvalue weighted by Gasteiger charge is 2.33. The Balaban J connectivity index is 1.56. The van der Waals surface area contributed by atoms with Gasteiger partial charge in [0.15, 0.2) is 11.6 Å². The molecule has 1 aliphatic rings. The minimum atomic E-state index is -4.43. The number of likely N-dealkylation sites (tertiary alicyclic amines) is 1. The van der Waals surface area contributed by atoms with Gasteiger partial charge in [-0.25, -0.2) is 18.0 Å². The van der Waals surface area contributed by atoms with Gasteiger partial charge in [0, 0.05) is 37.3 Å². The monoisotopic (exact) mass is 495 g/mol. The summed E-state index contributed by atoms with van der Waals surface area (Å²) in [6, 6.07) is 8.26. The lowest BCUT2D eigenvalue weighted by Crippen LogP contribution is -2.44. The fraction of sp³-hybridized carbons (Fsp3) is 0.273. The molecule has 0 radical (unpaired) electrons. The smallest absolute Gasteiger partial charge is 0.407 e. The molecule has 1 aliphatic heterocycles. The lowest BCUT2D eigenvalue weighted by atomic mass is 9.81. The maximum absolute atomic E-state index is 14.7. The first-order chi connectivity index (χ1) is 16.2. The molecule has 3 aromatic rings. The number of carbonyl (C=O) groups is 1. The second kappa shape index (κ2) is 9.37. The summed E-state index contributed by atoms with van der Waals surface area (Å²) in [5.41, 5.74) is 0.771. The lowest BCUT2D eigenvalue weighted by Gasteiger charge is -2.37. The third-order valence-corrected chi connectivity index (χ3v) is 7.32. The number of hydrogen-bond acceptors (Lipinski definition) is 5. The third kappa shape index (κ3) is 4.72. The maximum Gasteiger partial charge on any atom is 0.407 e. The van der Waals surface area contributed by atoms with Gasteiger partial charge in [-0.1, -0.05) is 12.1 Å². The zero-order valence-electron chi connectivity index (χ0n) is 17.6. The summed E-state index contributed by atoms with van der Waals surface area (Å²) in [7, 11) is -4.43. The zero-order chi connectivity index (χ0) is 24.5. The minimum Gasteiger partial charge on any atom is -0.490 e. The van der Waals surface area contributed by atoms with Gasteiger partial charge >= 0.3 is 6.09 Å². The van der Waals surface area contributed by atoms with Crippen molar-refractivity contribution < 1.29 is 36.2 Å². The van der Waals surface area contributed by atoms with E-state index in [1.807, 2.05) is 0 Å². The Morgan fingerprint density at radius 2 is 1.88 bits per heavy atom. The Morgan fingerprint density at radius 1 is 1.15 bits per heavy atom. The Hall–Kier alpha value is -3.54. The molecule has 0 aliphatic carbocycles. The summed E-state index contributed by atoms with van der Waals surface area (Å²) < 4.78 is 73.6. The largest absolute Gasteiger partial charge is 0.490 e. The first kappa shape index (κ1) is 23.6. The van der Waals surface area contributed by atoms with Crippen molar-refractivity contribution in [1.29, 1.82) is 0 Å².